The number of amides is 1. The molecule has 1 saturated heterocycles. The van der Waals surface area contributed by atoms with E-state index in [2.05, 4.69) is 15.0 Å². The molecule has 6 nitrogen and oxygen atoms in total. The Labute approximate surface area is 156 Å². The Balaban J connectivity index is 1.38. The molecule has 26 heavy (non-hydrogen) atoms. The van der Waals surface area contributed by atoms with Gasteiger partial charge in [-0.1, -0.05) is 6.42 Å². The molecule has 3 aliphatic rings. The zero-order chi connectivity index (χ0) is 18.3. The average molecular weight is 360 g/mol. The molecule has 2 N–H and O–H groups in total. The fourth-order valence-corrected chi connectivity index (χ4v) is 5.64. The molecule has 4 rings (SSSR count). The lowest BCUT2D eigenvalue weighted by molar-refractivity contribution is -0.140. The highest BCUT2D eigenvalue weighted by molar-refractivity contribution is 5.79. The summed E-state index contributed by atoms with van der Waals surface area (Å²) in [7, 11) is 0. The van der Waals surface area contributed by atoms with Crippen LogP contribution in [0.4, 0.5) is 0 Å². The van der Waals surface area contributed by atoms with Crippen LogP contribution >= 0.6 is 0 Å². The van der Waals surface area contributed by atoms with Crippen LogP contribution in [0.2, 0.25) is 0 Å². The van der Waals surface area contributed by atoms with Crippen LogP contribution in [-0.4, -0.2) is 44.7 Å². The smallest absolute Gasteiger partial charge is 0.225 e. The summed E-state index contributed by atoms with van der Waals surface area (Å²) in [5.41, 5.74) is 6.41. The van der Waals surface area contributed by atoms with Crippen LogP contribution in [-0.2, 0) is 11.3 Å². The number of rotatable bonds is 3. The summed E-state index contributed by atoms with van der Waals surface area (Å²) in [5.74, 6) is 4.02. The molecule has 2 aliphatic carbocycles. The summed E-state index contributed by atoms with van der Waals surface area (Å²) < 4.78 is 2.01. The summed E-state index contributed by atoms with van der Waals surface area (Å²) in [6.45, 7) is 6.61. The highest BCUT2D eigenvalue weighted by Crippen LogP contribution is 2.42. The summed E-state index contributed by atoms with van der Waals surface area (Å²) in [6, 6.07) is 0.334. The fourth-order valence-electron chi connectivity index (χ4n) is 5.64. The first-order valence-corrected chi connectivity index (χ1v) is 10.4. The largest absolute Gasteiger partial charge is 0.342 e. The number of fused-ring (bicyclic) bond motifs is 2. The molecule has 2 bridgehead atoms. The Morgan fingerprint density at radius 2 is 1.88 bits per heavy atom. The van der Waals surface area contributed by atoms with E-state index in [0.717, 1.165) is 50.5 Å². The maximum Gasteiger partial charge on any atom is 0.225 e. The van der Waals surface area contributed by atoms with E-state index in [9.17, 15) is 4.79 Å². The maximum atomic E-state index is 13.2. The molecule has 2 saturated carbocycles. The van der Waals surface area contributed by atoms with Gasteiger partial charge in [0.1, 0.15) is 11.6 Å². The van der Waals surface area contributed by atoms with Crippen LogP contribution in [0, 0.1) is 37.5 Å². The van der Waals surface area contributed by atoms with E-state index in [1.807, 2.05) is 18.5 Å². The molecule has 2 heterocycles. The minimum absolute atomic E-state index is 0.208. The van der Waals surface area contributed by atoms with Crippen LogP contribution in [0.3, 0.4) is 0 Å². The van der Waals surface area contributed by atoms with Gasteiger partial charge in [-0.3, -0.25) is 4.79 Å². The van der Waals surface area contributed by atoms with Crippen molar-refractivity contribution in [2.75, 3.05) is 13.1 Å². The molecule has 0 spiro atoms. The SMILES string of the molecule is Cc1nc(C)n(CC2CCCN(C(=O)C3CC4CCCC(C3)C4N)C2)n1. The number of carbonyl (C=O) groups excluding carboxylic acids is 1. The van der Waals surface area contributed by atoms with E-state index < -0.39 is 0 Å². The van der Waals surface area contributed by atoms with Crippen molar-refractivity contribution in [3.63, 3.8) is 0 Å². The third-order valence-electron chi connectivity index (χ3n) is 6.99. The number of likely N-dealkylation sites (tertiary alicyclic amines) is 1. The molecule has 1 amide bonds. The molecule has 1 aromatic rings. The van der Waals surface area contributed by atoms with Gasteiger partial charge in [0.15, 0.2) is 0 Å². The molecule has 1 aliphatic heterocycles. The zero-order valence-corrected chi connectivity index (χ0v) is 16.2. The van der Waals surface area contributed by atoms with E-state index in [0.29, 0.717) is 29.7 Å². The molecular formula is C20H33N5O. The Kier molecular flexibility index (Phi) is 5.04. The lowest BCUT2D eigenvalue weighted by atomic mass is 9.65. The molecule has 0 radical (unpaired) electrons. The monoisotopic (exact) mass is 359 g/mol. The summed E-state index contributed by atoms with van der Waals surface area (Å²) in [5, 5.41) is 4.50. The number of hydrogen-bond donors (Lipinski definition) is 1. The standard InChI is InChI=1S/C20H33N5O/c1-13-22-14(2)25(23-13)12-15-5-4-8-24(11-15)20(26)18-9-16-6-3-7-17(10-18)19(16)21/h15-19H,3-12,21H2,1-2H3. The van der Waals surface area contributed by atoms with Crippen molar-refractivity contribution in [2.45, 2.75) is 71.4 Å². The minimum Gasteiger partial charge on any atom is -0.342 e. The van der Waals surface area contributed by atoms with Crippen LogP contribution < -0.4 is 5.73 Å². The van der Waals surface area contributed by atoms with Gasteiger partial charge in [-0.15, -0.1) is 0 Å². The zero-order valence-electron chi connectivity index (χ0n) is 16.2. The number of nitrogens with two attached hydrogens (primary N) is 1. The lowest BCUT2D eigenvalue weighted by Gasteiger charge is -2.45. The van der Waals surface area contributed by atoms with Crippen molar-refractivity contribution >= 4 is 5.91 Å². The molecular weight excluding hydrogens is 326 g/mol. The van der Waals surface area contributed by atoms with Gasteiger partial charge in [-0.05, 0) is 70.1 Å². The van der Waals surface area contributed by atoms with Crippen molar-refractivity contribution < 1.29 is 4.79 Å². The lowest BCUT2D eigenvalue weighted by Crippen LogP contribution is -2.51. The third-order valence-corrected chi connectivity index (χ3v) is 6.99. The molecule has 3 atom stereocenters. The fraction of sp³-hybridized carbons (Fsp3) is 0.850. The predicted molar refractivity (Wildman–Crippen MR) is 100 cm³/mol. The van der Waals surface area contributed by atoms with Crippen molar-refractivity contribution in [2.24, 2.45) is 29.4 Å². The first kappa shape index (κ1) is 18.0. The number of carbonyl (C=O) groups is 1. The Morgan fingerprint density at radius 3 is 2.54 bits per heavy atom. The summed E-state index contributed by atoms with van der Waals surface area (Å²) in [6.07, 6.45) is 8.03. The number of piperidine rings is 1. The number of nitrogens with zero attached hydrogens (tertiary/aromatic N) is 4. The van der Waals surface area contributed by atoms with Crippen molar-refractivity contribution in [1.29, 1.82) is 0 Å². The third kappa shape index (κ3) is 3.53. The van der Waals surface area contributed by atoms with Gasteiger partial charge in [0.2, 0.25) is 5.91 Å². The number of hydrogen-bond acceptors (Lipinski definition) is 4. The van der Waals surface area contributed by atoms with E-state index >= 15 is 0 Å². The minimum atomic E-state index is 0.208. The summed E-state index contributed by atoms with van der Waals surface area (Å²) in [4.78, 5) is 19.8. The van der Waals surface area contributed by atoms with Gasteiger partial charge in [0.25, 0.3) is 0 Å². The van der Waals surface area contributed by atoms with E-state index in [4.69, 9.17) is 5.73 Å². The molecule has 0 aromatic carbocycles. The van der Waals surface area contributed by atoms with Gasteiger partial charge in [0, 0.05) is 31.6 Å². The number of aromatic nitrogens is 3. The van der Waals surface area contributed by atoms with Gasteiger partial charge in [-0.25, -0.2) is 9.67 Å². The van der Waals surface area contributed by atoms with Crippen LogP contribution in [0.25, 0.3) is 0 Å². The van der Waals surface area contributed by atoms with Crippen molar-refractivity contribution in [3.8, 4) is 0 Å². The van der Waals surface area contributed by atoms with Crippen molar-refractivity contribution in [3.05, 3.63) is 11.6 Å². The first-order chi connectivity index (χ1) is 12.5. The average Bonchev–Trinajstić information content (AvgIpc) is 2.91. The normalized spacial score (nSPS) is 34.7. The molecule has 1 aromatic heterocycles. The Morgan fingerprint density at radius 1 is 1.15 bits per heavy atom. The van der Waals surface area contributed by atoms with Crippen LogP contribution in [0.15, 0.2) is 0 Å². The number of aryl methyl sites for hydroxylation is 2. The second kappa shape index (κ2) is 7.29. The van der Waals surface area contributed by atoms with Gasteiger partial charge >= 0.3 is 0 Å². The molecule has 6 heteroatoms. The van der Waals surface area contributed by atoms with E-state index in [1.165, 1.54) is 25.7 Å². The van der Waals surface area contributed by atoms with Gasteiger partial charge < -0.3 is 10.6 Å². The predicted octanol–water partition coefficient (Wildman–Crippen LogP) is 2.29. The van der Waals surface area contributed by atoms with E-state index in [1.54, 1.807) is 0 Å². The van der Waals surface area contributed by atoms with Gasteiger partial charge in [0.05, 0.1) is 0 Å². The van der Waals surface area contributed by atoms with Crippen LogP contribution in [0.5, 0.6) is 0 Å². The van der Waals surface area contributed by atoms with Crippen LogP contribution in [0.1, 0.15) is 56.6 Å². The van der Waals surface area contributed by atoms with E-state index in [-0.39, 0.29) is 5.92 Å². The van der Waals surface area contributed by atoms with Gasteiger partial charge in [-0.2, -0.15) is 5.10 Å². The highest BCUT2D eigenvalue weighted by Gasteiger charge is 2.42. The highest BCUT2D eigenvalue weighted by atomic mass is 16.2. The Bertz CT molecular complexity index is 643. The topological polar surface area (TPSA) is 77.0 Å². The maximum absolute atomic E-state index is 13.2. The second-order valence-corrected chi connectivity index (χ2v) is 8.88. The summed E-state index contributed by atoms with van der Waals surface area (Å²) >= 11 is 0. The first-order valence-electron chi connectivity index (χ1n) is 10.4. The quantitative estimate of drug-likeness (QED) is 0.898. The molecule has 3 fully saturated rings. The Hall–Kier alpha value is -1.43. The molecule has 144 valence electrons. The second-order valence-electron chi connectivity index (χ2n) is 8.88. The molecule has 3 unspecified atom stereocenters. The van der Waals surface area contributed by atoms with Crippen molar-refractivity contribution in [1.82, 2.24) is 19.7 Å².